The van der Waals surface area contributed by atoms with E-state index in [4.69, 9.17) is 14.0 Å². The zero-order valence-electron chi connectivity index (χ0n) is 19.0. The summed E-state index contributed by atoms with van der Waals surface area (Å²) < 4.78 is 18.6. The van der Waals surface area contributed by atoms with Crippen LogP contribution in [0.15, 0.2) is 58.2 Å². The molecule has 0 saturated carbocycles. The van der Waals surface area contributed by atoms with E-state index < -0.39 is 0 Å². The molecule has 0 radical (unpaired) electrons. The summed E-state index contributed by atoms with van der Waals surface area (Å²) in [5.41, 5.74) is 1.81. The molecule has 0 aliphatic rings. The summed E-state index contributed by atoms with van der Waals surface area (Å²) in [6, 6.07) is 15.5. The van der Waals surface area contributed by atoms with E-state index in [2.05, 4.69) is 31.8 Å². The van der Waals surface area contributed by atoms with Crippen molar-refractivity contribution in [3.8, 4) is 34.3 Å². The van der Waals surface area contributed by atoms with Crippen molar-refractivity contribution in [3.63, 3.8) is 0 Å². The minimum absolute atomic E-state index is 0.497. The van der Waals surface area contributed by atoms with Gasteiger partial charge in [0.25, 0.3) is 0 Å². The van der Waals surface area contributed by atoms with Crippen LogP contribution in [0.25, 0.3) is 22.8 Å². The number of nitrogens with zero attached hydrogens (tertiary/aromatic N) is 5. The number of aromatic nitrogens is 5. The number of thioether (sulfide) groups is 1. The minimum Gasteiger partial charge on any atom is -0.497 e. The maximum absolute atomic E-state index is 5.69. The van der Waals surface area contributed by atoms with Crippen LogP contribution in [0.3, 0.4) is 0 Å². The van der Waals surface area contributed by atoms with Gasteiger partial charge in [0.1, 0.15) is 11.5 Å². The summed E-state index contributed by atoms with van der Waals surface area (Å²) in [6.07, 6.45) is 2.12. The van der Waals surface area contributed by atoms with E-state index in [-0.39, 0.29) is 0 Å². The van der Waals surface area contributed by atoms with E-state index in [1.54, 1.807) is 7.11 Å². The molecule has 2 aromatic carbocycles. The second-order valence-corrected chi connectivity index (χ2v) is 8.21. The highest BCUT2D eigenvalue weighted by Gasteiger charge is 2.17. The molecule has 0 N–H and O–H groups in total. The molecular formula is C24H27N5O3S. The van der Waals surface area contributed by atoms with Crippen LogP contribution in [-0.4, -0.2) is 38.6 Å². The number of para-hydroxylation sites is 1. The summed E-state index contributed by atoms with van der Waals surface area (Å²) in [7, 11) is 1.66. The molecule has 0 aliphatic carbocycles. The Morgan fingerprint density at radius 1 is 1.03 bits per heavy atom. The first-order valence-corrected chi connectivity index (χ1v) is 12.0. The van der Waals surface area contributed by atoms with Gasteiger partial charge >= 0.3 is 0 Å². The summed E-state index contributed by atoms with van der Waals surface area (Å²) in [5, 5.41) is 13.9. The van der Waals surface area contributed by atoms with Crippen molar-refractivity contribution in [3.05, 3.63) is 54.4 Å². The third kappa shape index (κ3) is 5.36. The van der Waals surface area contributed by atoms with E-state index in [1.165, 1.54) is 11.8 Å². The van der Waals surface area contributed by atoms with E-state index in [0.29, 0.717) is 24.1 Å². The fourth-order valence-corrected chi connectivity index (χ4v) is 4.15. The van der Waals surface area contributed by atoms with Crippen LogP contribution >= 0.6 is 11.8 Å². The van der Waals surface area contributed by atoms with Gasteiger partial charge in [0.05, 0.1) is 25.0 Å². The Balaban J connectivity index is 1.52. The fraction of sp³-hybridized carbons (Fsp3) is 0.333. The van der Waals surface area contributed by atoms with Crippen molar-refractivity contribution in [2.75, 3.05) is 13.7 Å². The Labute approximate surface area is 197 Å². The molecule has 0 fully saturated rings. The number of methoxy groups -OCH3 is 1. The van der Waals surface area contributed by atoms with Crippen LogP contribution in [-0.2, 0) is 12.3 Å². The van der Waals surface area contributed by atoms with Gasteiger partial charge in [-0.1, -0.05) is 42.4 Å². The Kier molecular flexibility index (Phi) is 7.62. The maximum atomic E-state index is 5.69. The highest BCUT2D eigenvalue weighted by molar-refractivity contribution is 7.98. The van der Waals surface area contributed by atoms with E-state index in [0.717, 1.165) is 53.0 Å². The molecule has 0 atom stereocenters. The Hall–Kier alpha value is -3.33. The van der Waals surface area contributed by atoms with Crippen molar-refractivity contribution in [2.45, 2.75) is 44.1 Å². The minimum atomic E-state index is 0.497. The van der Waals surface area contributed by atoms with Gasteiger partial charge in [-0.25, -0.2) is 0 Å². The molecule has 2 aromatic heterocycles. The number of hydrogen-bond donors (Lipinski definition) is 0. The normalized spacial score (nSPS) is 11.0. The number of hydrogen-bond acceptors (Lipinski definition) is 8. The molecule has 0 spiro atoms. The van der Waals surface area contributed by atoms with E-state index >= 15 is 0 Å². The predicted octanol–water partition coefficient (Wildman–Crippen LogP) is 5.49. The number of rotatable bonds is 11. The monoisotopic (exact) mass is 465 g/mol. The van der Waals surface area contributed by atoms with E-state index in [1.807, 2.05) is 55.5 Å². The van der Waals surface area contributed by atoms with Crippen molar-refractivity contribution in [1.29, 1.82) is 0 Å². The lowest BCUT2D eigenvalue weighted by atomic mass is 10.2. The first-order valence-electron chi connectivity index (χ1n) is 11.0. The van der Waals surface area contributed by atoms with Gasteiger partial charge in [0.2, 0.25) is 11.7 Å². The summed E-state index contributed by atoms with van der Waals surface area (Å²) >= 11 is 1.53. The Bertz CT molecular complexity index is 1170. The van der Waals surface area contributed by atoms with Gasteiger partial charge in [-0.3, -0.25) is 0 Å². The third-order valence-electron chi connectivity index (χ3n) is 5.02. The first-order chi connectivity index (χ1) is 16.2. The van der Waals surface area contributed by atoms with Crippen molar-refractivity contribution in [2.24, 2.45) is 0 Å². The van der Waals surface area contributed by atoms with Crippen LogP contribution in [0, 0.1) is 0 Å². The molecule has 0 bridgehead atoms. The van der Waals surface area contributed by atoms with Gasteiger partial charge in [-0.05, 0) is 49.7 Å². The molecule has 0 unspecified atom stereocenters. The zero-order chi connectivity index (χ0) is 23.0. The van der Waals surface area contributed by atoms with Crippen LogP contribution in [0.2, 0.25) is 0 Å². The largest absolute Gasteiger partial charge is 0.497 e. The smallest absolute Gasteiger partial charge is 0.237 e. The Morgan fingerprint density at radius 3 is 2.61 bits per heavy atom. The molecule has 0 saturated heterocycles. The van der Waals surface area contributed by atoms with Crippen LogP contribution < -0.4 is 9.47 Å². The Morgan fingerprint density at radius 2 is 1.85 bits per heavy atom. The summed E-state index contributed by atoms with van der Waals surface area (Å²) in [4.78, 5) is 4.56. The summed E-state index contributed by atoms with van der Waals surface area (Å²) in [6.45, 7) is 5.53. The number of benzene rings is 2. The second kappa shape index (κ2) is 11.0. The average molecular weight is 466 g/mol. The van der Waals surface area contributed by atoms with Crippen molar-refractivity contribution < 1.29 is 14.0 Å². The third-order valence-corrected chi connectivity index (χ3v) is 5.97. The highest BCUT2D eigenvalue weighted by Crippen LogP contribution is 2.30. The molecule has 2 heterocycles. The van der Waals surface area contributed by atoms with Crippen molar-refractivity contribution in [1.82, 2.24) is 24.9 Å². The van der Waals surface area contributed by atoms with Gasteiger partial charge in [0, 0.05) is 12.1 Å². The van der Waals surface area contributed by atoms with E-state index in [9.17, 15) is 0 Å². The molecule has 8 nitrogen and oxygen atoms in total. The topological polar surface area (TPSA) is 88.1 Å². The highest BCUT2D eigenvalue weighted by atomic mass is 32.2. The molecule has 172 valence electrons. The SMILES string of the molecule is CCCCn1c(SCc2nc(-c3ccccc3OCC)no2)nnc1-c1ccc(OC)cc1. The molecule has 4 rings (SSSR count). The van der Waals surface area contributed by atoms with Gasteiger partial charge in [0.15, 0.2) is 11.0 Å². The standard InChI is InChI=1S/C24H27N5O3S/c1-4-6-15-29-23(17-11-13-18(30-3)14-12-17)26-27-24(29)33-16-21-25-22(28-32-21)19-9-7-8-10-20(19)31-5-2/h7-14H,4-6,15-16H2,1-3H3. The molecule has 9 heteroatoms. The molecule has 4 aromatic rings. The summed E-state index contributed by atoms with van der Waals surface area (Å²) in [5.74, 6) is 3.93. The maximum Gasteiger partial charge on any atom is 0.237 e. The predicted molar refractivity (Wildman–Crippen MR) is 127 cm³/mol. The zero-order valence-corrected chi connectivity index (χ0v) is 19.8. The fourth-order valence-electron chi connectivity index (χ4n) is 3.35. The van der Waals surface area contributed by atoms with Crippen LogP contribution in [0.5, 0.6) is 11.5 Å². The lowest BCUT2D eigenvalue weighted by Gasteiger charge is -2.09. The quantitative estimate of drug-likeness (QED) is 0.269. The first kappa shape index (κ1) is 22.8. The molecular weight excluding hydrogens is 438 g/mol. The van der Waals surface area contributed by atoms with Crippen LogP contribution in [0.4, 0.5) is 0 Å². The van der Waals surface area contributed by atoms with Gasteiger partial charge < -0.3 is 18.6 Å². The lowest BCUT2D eigenvalue weighted by Crippen LogP contribution is -2.03. The second-order valence-electron chi connectivity index (χ2n) is 7.27. The molecule has 0 aliphatic heterocycles. The van der Waals surface area contributed by atoms with Crippen molar-refractivity contribution >= 4 is 11.8 Å². The van der Waals surface area contributed by atoms with Gasteiger partial charge in [-0.15, -0.1) is 10.2 Å². The van der Waals surface area contributed by atoms with Gasteiger partial charge in [-0.2, -0.15) is 4.98 Å². The lowest BCUT2D eigenvalue weighted by molar-refractivity contribution is 0.341. The molecule has 33 heavy (non-hydrogen) atoms. The molecule has 0 amide bonds. The number of unbranched alkanes of at least 4 members (excludes halogenated alkanes) is 1. The van der Waals surface area contributed by atoms with Crippen LogP contribution in [0.1, 0.15) is 32.6 Å². The number of ether oxygens (including phenoxy) is 2. The average Bonchev–Trinajstić information content (AvgIpc) is 3.49.